The molecule has 9 nitrogen and oxygen atoms in total. The van der Waals surface area contributed by atoms with E-state index in [2.05, 4.69) is 10.6 Å². The van der Waals surface area contributed by atoms with Crippen molar-refractivity contribution in [2.45, 2.75) is 4.90 Å². The zero-order valence-electron chi connectivity index (χ0n) is 19.7. The largest absolute Gasteiger partial charge is 0.350 e. The molecule has 1 aliphatic rings. The highest BCUT2D eigenvalue weighted by atomic mass is 35.5. The summed E-state index contributed by atoms with van der Waals surface area (Å²) in [7, 11) is -4.46. The van der Waals surface area contributed by atoms with E-state index in [-0.39, 0.29) is 37.3 Å². The number of fused-ring (bicyclic) bond motifs is 1. The van der Waals surface area contributed by atoms with Gasteiger partial charge in [0.05, 0.1) is 10.7 Å². The Bertz CT molecular complexity index is 1820. The molecule has 3 N–H and O–H groups in total. The number of hydrogen-bond donors (Lipinski definition) is 3. The SMILES string of the molecule is O=C(Nc1cccc2c(S(=O)(=O)O)cccc12)c1ccc(NC2=C(Cl)C(=O)N(c3ccccc3Cl)C2=O)cc1. The van der Waals surface area contributed by atoms with Crippen molar-refractivity contribution in [3.63, 3.8) is 0 Å². The molecule has 3 amide bonds. The molecule has 0 fully saturated rings. The topological polar surface area (TPSA) is 133 Å². The molecule has 39 heavy (non-hydrogen) atoms. The molecule has 196 valence electrons. The van der Waals surface area contributed by atoms with Crippen molar-refractivity contribution in [1.82, 2.24) is 0 Å². The number of imide groups is 1. The van der Waals surface area contributed by atoms with E-state index in [9.17, 15) is 27.4 Å². The van der Waals surface area contributed by atoms with Crippen molar-refractivity contribution in [3.8, 4) is 0 Å². The van der Waals surface area contributed by atoms with Gasteiger partial charge in [-0.2, -0.15) is 8.42 Å². The second-order valence-electron chi connectivity index (χ2n) is 8.37. The number of amides is 3. The molecule has 0 radical (unpaired) electrons. The summed E-state index contributed by atoms with van der Waals surface area (Å²) in [4.78, 5) is 39.2. The van der Waals surface area contributed by atoms with Crippen molar-refractivity contribution in [2.75, 3.05) is 15.5 Å². The quantitative estimate of drug-likeness (QED) is 0.204. The highest BCUT2D eigenvalue weighted by molar-refractivity contribution is 7.86. The van der Waals surface area contributed by atoms with Gasteiger partial charge < -0.3 is 10.6 Å². The fourth-order valence-corrected chi connectivity index (χ4v) is 5.26. The second kappa shape index (κ2) is 10.2. The van der Waals surface area contributed by atoms with Crippen LogP contribution >= 0.6 is 23.2 Å². The van der Waals surface area contributed by atoms with Crippen molar-refractivity contribution in [3.05, 3.63) is 106 Å². The third kappa shape index (κ3) is 4.98. The lowest BCUT2D eigenvalue weighted by molar-refractivity contribution is -0.120. The summed E-state index contributed by atoms with van der Waals surface area (Å²) in [5.41, 5.74) is 1.06. The number of nitrogens with zero attached hydrogens (tertiary/aromatic N) is 1. The molecular formula is C27H17Cl2N3O6S. The van der Waals surface area contributed by atoms with E-state index in [1.807, 2.05) is 0 Å². The van der Waals surface area contributed by atoms with Gasteiger partial charge in [-0.15, -0.1) is 0 Å². The smallest absolute Gasteiger partial charge is 0.295 e. The van der Waals surface area contributed by atoms with E-state index in [0.717, 1.165) is 4.90 Å². The standard InChI is InChI=1S/C27H17Cl2N3O6S/c28-19-7-1-2-9-21(19)32-26(34)23(29)24(27(32)35)30-16-13-11-15(12-14-16)25(33)31-20-8-3-6-18-17(20)5-4-10-22(18)39(36,37)38/h1-14,30H,(H,31,33)(H,36,37,38). The predicted octanol–water partition coefficient (Wildman–Crippen LogP) is 5.43. The lowest BCUT2D eigenvalue weighted by atomic mass is 10.1. The first-order valence-corrected chi connectivity index (χ1v) is 13.5. The molecule has 1 aliphatic heterocycles. The van der Waals surface area contributed by atoms with Crippen LogP contribution in [0, 0.1) is 0 Å². The van der Waals surface area contributed by atoms with Crippen molar-refractivity contribution < 1.29 is 27.4 Å². The minimum absolute atomic E-state index is 0.135. The monoisotopic (exact) mass is 581 g/mol. The average Bonchev–Trinajstić information content (AvgIpc) is 3.11. The van der Waals surface area contributed by atoms with Crippen LogP contribution in [0.3, 0.4) is 0 Å². The van der Waals surface area contributed by atoms with E-state index in [0.29, 0.717) is 16.8 Å². The normalized spacial score (nSPS) is 13.8. The third-order valence-corrected chi connectivity index (χ3v) is 7.53. The molecule has 0 saturated carbocycles. The molecule has 0 aromatic heterocycles. The summed E-state index contributed by atoms with van der Waals surface area (Å²) in [5, 5.41) is 6.15. The van der Waals surface area contributed by atoms with E-state index >= 15 is 0 Å². The van der Waals surface area contributed by atoms with E-state index in [1.165, 1.54) is 48.5 Å². The van der Waals surface area contributed by atoms with Gasteiger partial charge in [0.1, 0.15) is 15.6 Å². The van der Waals surface area contributed by atoms with E-state index in [1.54, 1.807) is 36.4 Å². The maximum absolute atomic E-state index is 13.0. The summed E-state index contributed by atoms with van der Waals surface area (Å²) in [6.07, 6.45) is 0. The molecule has 0 atom stereocenters. The Balaban J connectivity index is 1.35. The Morgan fingerprint density at radius 3 is 2.15 bits per heavy atom. The minimum atomic E-state index is -4.46. The molecular weight excluding hydrogens is 565 g/mol. The molecule has 0 unspecified atom stereocenters. The van der Waals surface area contributed by atoms with Crippen LogP contribution in [0.5, 0.6) is 0 Å². The zero-order valence-corrected chi connectivity index (χ0v) is 22.0. The maximum Gasteiger partial charge on any atom is 0.295 e. The molecule has 4 aromatic carbocycles. The number of anilines is 3. The molecule has 0 aliphatic carbocycles. The van der Waals surface area contributed by atoms with Crippen LogP contribution in [0.1, 0.15) is 10.4 Å². The van der Waals surface area contributed by atoms with Crippen molar-refractivity contribution in [1.29, 1.82) is 0 Å². The summed E-state index contributed by atoms with van der Waals surface area (Å²) in [6.45, 7) is 0. The molecule has 12 heteroatoms. The van der Waals surface area contributed by atoms with Gasteiger partial charge >= 0.3 is 0 Å². The molecule has 1 heterocycles. The molecule has 4 aromatic rings. The first-order chi connectivity index (χ1) is 18.6. The molecule has 0 bridgehead atoms. The van der Waals surface area contributed by atoms with Crippen LogP contribution < -0.4 is 15.5 Å². The maximum atomic E-state index is 13.0. The number of nitrogens with one attached hydrogen (secondary N) is 2. The summed E-state index contributed by atoms with van der Waals surface area (Å²) in [6, 6.07) is 21.5. The van der Waals surface area contributed by atoms with Crippen LogP contribution in [0.4, 0.5) is 17.1 Å². The Morgan fingerprint density at radius 2 is 1.46 bits per heavy atom. The van der Waals surface area contributed by atoms with Gasteiger partial charge in [-0.05, 0) is 48.5 Å². The second-order valence-corrected chi connectivity index (χ2v) is 10.5. The zero-order chi connectivity index (χ0) is 27.9. The Kier molecular flexibility index (Phi) is 6.87. The van der Waals surface area contributed by atoms with Gasteiger partial charge in [0.2, 0.25) is 0 Å². The van der Waals surface area contributed by atoms with Crippen LogP contribution in [-0.2, 0) is 19.7 Å². The van der Waals surface area contributed by atoms with E-state index in [4.69, 9.17) is 23.2 Å². The van der Waals surface area contributed by atoms with Crippen LogP contribution in [0.25, 0.3) is 10.8 Å². The molecule has 0 saturated heterocycles. The minimum Gasteiger partial charge on any atom is -0.350 e. The highest BCUT2D eigenvalue weighted by Gasteiger charge is 2.39. The van der Waals surface area contributed by atoms with Crippen molar-refractivity contribution in [2.24, 2.45) is 0 Å². The highest BCUT2D eigenvalue weighted by Crippen LogP contribution is 2.34. The number of rotatable bonds is 6. The molecule has 5 rings (SSSR count). The summed E-state index contributed by atoms with van der Waals surface area (Å²) >= 11 is 12.3. The van der Waals surface area contributed by atoms with E-state index < -0.39 is 27.8 Å². The Hall–Kier alpha value is -4.22. The number of benzene rings is 4. The van der Waals surface area contributed by atoms with Crippen LogP contribution in [0.15, 0.2) is 101 Å². The number of hydrogen-bond acceptors (Lipinski definition) is 6. The third-order valence-electron chi connectivity index (χ3n) is 5.95. The van der Waals surface area contributed by atoms with Gasteiger partial charge in [-0.1, -0.05) is 59.6 Å². The van der Waals surface area contributed by atoms with Gasteiger partial charge in [-0.25, -0.2) is 4.90 Å². The lowest BCUT2D eigenvalue weighted by Crippen LogP contribution is -2.32. The predicted molar refractivity (Wildman–Crippen MR) is 149 cm³/mol. The lowest BCUT2D eigenvalue weighted by Gasteiger charge is -2.16. The number of para-hydroxylation sites is 1. The molecule has 0 spiro atoms. The van der Waals surface area contributed by atoms with Crippen LogP contribution in [-0.4, -0.2) is 30.7 Å². The van der Waals surface area contributed by atoms with Gasteiger partial charge in [0.15, 0.2) is 0 Å². The van der Waals surface area contributed by atoms with Crippen LogP contribution in [0.2, 0.25) is 5.02 Å². The number of carbonyl (C=O) groups excluding carboxylic acids is 3. The Labute approximate surface area is 232 Å². The van der Waals surface area contributed by atoms with Crippen molar-refractivity contribution >= 4 is 78.9 Å². The average molecular weight is 582 g/mol. The number of carbonyl (C=O) groups is 3. The van der Waals surface area contributed by atoms with Gasteiger partial charge in [0.25, 0.3) is 27.8 Å². The number of halogens is 2. The Morgan fingerprint density at radius 1 is 0.795 bits per heavy atom. The first kappa shape index (κ1) is 26.4. The first-order valence-electron chi connectivity index (χ1n) is 11.3. The fraction of sp³-hybridized carbons (Fsp3) is 0. The summed E-state index contributed by atoms with van der Waals surface area (Å²) in [5.74, 6) is -1.89. The van der Waals surface area contributed by atoms with Gasteiger partial charge in [0, 0.05) is 27.7 Å². The summed E-state index contributed by atoms with van der Waals surface area (Å²) < 4.78 is 33.0. The fourth-order valence-electron chi connectivity index (χ4n) is 4.12. The van der Waals surface area contributed by atoms with Gasteiger partial charge in [-0.3, -0.25) is 18.9 Å².